The predicted molar refractivity (Wildman–Crippen MR) is 130 cm³/mol. The van der Waals surface area contributed by atoms with Gasteiger partial charge < -0.3 is 24.2 Å². The maximum Gasteiger partial charge on any atom is 0.247 e. The lowest BCUT2D eigenvalue weighted by Crippen LogP contribution is -2.50. The number of sulfonamides is 1. The second-order valence-electron chi connectivity index (χ2n) is 9.41. The highest BCUT2D eigenvalue weighted by atomic mass is 32.2. The maximum absolute atomic E-state index is 13.5. The van der Waals surface area contributed by atoms with Crippen molar-refractivity contribution in [3.05, 3.63) is 23.8 Å². The van der Waals surface area contributed by atoms with Crippen LogP contribution in [0.4, 0.5) is 0 Å². The molecule has 0 spiro atoms. The van der Waals surface area contributed by atoms with E-state index >= 15 is 0 Å². The van der Waals surface area contributed by atoms with Crippen LogP contribution >= 0.6 is 0 Å². The summed E-state index contributed by atoms with van der Waals surface area (Å²) in [7, 11) is -0.195. The zero-order chi connectivity index (χ0) is 24.7. The Balaban J connectivity index is 1.92. The molecule has 3 rings (SSSR count). The van der Waals surface area contributed by atoms with E-state index in [1.165, 1.54) is 4.31 Å². The number of likely N-dealkylation sites (N-methyl/N-ethyl adjacent to an activating group) is 1. The summed E-state index contributed by atoms with van der Waals surface area (Å²) in [5.41, 5.74) is 0.662. The van der Waals surface area contributed by atoms with Crippen LogP contribution in [0.1, 0.15) is 32.3 Å². The molecule has 0 unspecified atom stereocenters. The number of hydrogen-bond donors (Lipinski definition) is 1. The van der Waals surface area contributed by atoms with Gasteiger partial charge >= 0.3 is 0 Å². The average Bonchev–Trinajstić information content (AvgIpc) is 2.81. The Bertz CT molecular complexity index is 967. The lowest BCUT2D eigenvalue weighted by Gasteiger charge is -2.38. The number of methoxy groups -OCH3 is 1. The molecular weight excluding hydrogens is 456 g/mol. The van der Waals surface area contributed by atoms with E-state index in [2.05, 4.69) is 23.8 Å². The van der Waals surface area contributed by atoms with Crippen LogP contribution in [0.15, 0.2) is 23.1 Å². The Morgan fingerprint density at radius 3 is 2.71 bits per heavy atom. The average molecular weight is 495 g/mol. The van der Waals surface area contributed by atoms with E-state index in [0.717, 1.165) is 32.6 Å². The summed E-state index contributed by atoms with van der Waals surface area (Å²) in [6.45, 7) is 7.26. The third-order valence-electron chi connectivity index (χ3n) is 6.52. The van der Waals surface area contributed by atoms with Crippen molar-refractivity contribution in [2.45, 2.75) is 43.7 Å². The molecule has 1 aromatic carbocycles. The summed E-state index contributed by atoms with van der Waals surface area (Å²) >= 11 is 0. The molecule has 0 saturated carbocycles. The Labute approximate surface area is 204 Å². The number of nitrogens with zero attached hydrogens (tertiary/aromatic N) is 2. The number of benzene rings is 1. The molecule has 2 aliphatic heterocycles. The first-order valence-corrected chi connectivity index (χ1v) is 13.4. The number of aliphatic hydroxyl groups excluding tert-OH is 1. The van der Waals surface area contributed by atoms with E-state index in [1.54, 1.807) is 32.2 Å². The van der Waals surface area contributed by atoms with Crippen LogP contribution in [-0.2, 0) is 19.5 Å². The minimum atomic E-state index is -3.86. The fourth-order valence-electron chi connectivity index (χ4n) is 4.48. The van der Waals surface area contributed by atoms with E-state index < -0.39 is 16.1 Å². The van der Waals surface area contributed by atoms with Crippen molar-refractivity contribution in [1.29, 1.82) is 0 Å². The highest BCUT2D eigenvalue weighted by Gasteiger charge is 2.38. The van der Waals surface area contributed by atoms with Gasteiger partial charge in [-0.05, 0) is 50.9 Å². The molecule has 1 fully saturated rings. The van der Waals surface area contributed by atoms with Gasteiger partial charge in [0.2, 0.25) is 10.0 Å². The van der Waals surface area contributed by atoms with Crippen LogP contribution < -0.4 is 4.74 Å². The monoisotopic (exact) mass is 494 g/mol. The molecule has 190 valence electrons. The minimum Gasteiger partial charge on any atom is -0.487 e. The van der Waals surface area contributed by atoms with E-state index in [4.69, 9.17) is 14.2 Å². The summed E-state index contributed by atoms with van der Waals surface area (Å²) in [5, 5.41) is 9.79. The summed E-state index contributed by atoms with van der Waals surface area (Å²) in [5.74, 6) is 6.70. The highest BCUT2D eigenvalue weighted by Crippen LogP contribution is 2.34. The molecule has 1 saturated heterocycles. The number of ether oxygens (including phenoxy) is 3. The Morgan fingerprint density at radius 2 is 2.03 bits per heavy atom. The van der Waals surface area contributed by atoms with Crippen molar-refractivity contribution in [1.82, 2.24) is 9.21 Å². The van der Waals surface area contributed by atoms with Crippen molar-refractivity contribution >= 4 is 10.0 Å². The fraction of sp³-hybridized carbons (Fsp3) is 0.680. The van der Waals surface area contributed by atoms with Crippen LogP contribution in [0.5, 0.6) is 5.75 Å². The smallest absolute Gasteiger partial charge is 0.247 e. The molecule has 1 aromatic rings. The van der Waals surface area contributed by atoms with Crippen molar-refractivity contribution in [3.8, 4) is 17.6 Å². The first-order chi connectivity index (χ1) is 16.3. The van der Waals surface area contributed by atoms with Gasteiger partial charge in [0, 0.05) is 57.5 Å². The number of fused-ring (bicyclic) bond motifs is 1. The van der Waals surface area contributed by atoms with Gasteiger partial charge in [0.05, 0.1) is 6.61 Å². The van der Waals surface area contributed by atoms with E-state index in [9.17, 15) is 13.5 Å². The highest BCUT2D eigenvalue weighted by molar-refractivity contribution is 7.89. The number of rotatable bonds is 7. The quantitative estimate of drug-likeness (QED) is 0.579. The number of hydrogen-bond acceptors (Lipinski definition) is 7. The number of aliphatic hydroxyl groups is 1. The van der Waals surface area contributed by atoms with Crippen LogP contribution in [0.3, 0.4) is 0 Å². The summed E-state index contributed by atoms with van der Waals surface area (Å²) in [6.07, 6.45) is 1.88. The topological polar surface area (TPSA) is 88.5 Å². The first-order valence-electron chi connectivity index (χ1n) is 11.9. The lowest BCUT2D eigenvalue weighted by atomic mass is 9.98. The molecule has 34 heavy (non-hydrogen) atoms. The van der Waals surface area contributed by atoms with Crippen LogP contribution in [0.25, 0.3) is 0 Å². The molecule has 1 N–H and O–H groups in total. The Kier molecular flexibility index (Phi) is 9.77. The van der Waals surface area contributed by atoms with E-state index in [0.29, 0.717) is 23.8 Å². The zero-order valence-corrected chi connectivity index (χ0v) is 21.5. The third-order valence-corrected chi connectivity index (χ3v) is 8.54. The SMILES string of the molecule is COCC#Cc1ccc2c(c1)O[C@@H](CN(C)CC1CCOCC1)[C@@H](C)CN([C@H](C)CO)S2(=O)=O. The Morgan fingerprint density at radius 1 is 1.29 bits per heavy atom. The van der Waals surface area contributed by atoms with Crippen molar-refractivity contribution in [3.63, 3.8) is 0 Å². The van der Waals surface area contributed by atoms with Gasteiger partial charge in [-0.25, -0.2) is 8.42 Å². The normalized spacial score (nSPS) is 24.3. The summed E-state index contributed by atoms with van der Waals surface area (Å²) in [4.78, 5) is 2.38. The molecule has 0 aromatic heterocycles. The van der Waals surface area contributed by atoms with E-state index in [1.807, 2.05) is 6.92 Å². The van der Waals surface area contributed by atoms with Gasteiger partial charge in [0.1, 0.15) is 23.4 Å². The first kappa shape index (κ1) is 26.9. The zero-order valence-electron chi connectivity index (χ0n) is 20.7. The maximum atomic E-state index is 13.5. The van der Waals surface area contributed by atoms with Crippen molar-refractivity contribution < 1.29 is 27.7 Å². The fourth-order valence-corrected chi connectivity index (χ4v) is 6.31. The van der Waals surface area contributed by atoms with Gasteiger partial charge in [-0.3, -0.25) is 0 Å². The molecular formula is C25H38N2O6S. The van der Waals surface area contributed by atoms with Gasteiger partial charge in [0.15, 0.2) is 0 Å². The van der Waals surface area contributed by atoms with Crippen LogP contribution in [0, 0.1) is 23.7 Å². The van der Waals surface area contributed by atoms with Gasteiger partial charge in [-0.1, -0.05) is 18.8 Å². The van der Waals surface area contributed by atoms with Crippen LogP contribution in [0.2, 0.25) is 0 Å². The molecule has 8 nitrogen and oxygen atoms in total. The van der Waals surface area contributed by atoms with Crippen molar-refractivity contribution in [2.75, 3.05) is 60.2 Å². The summed E-state index contributed by atoms with van der Waals surface area (Å²) in [6, 6.07) is 4.39. The molecule has 9 heteroatoms. The second-order valence-corrected chi connectivity index (χ2v) is 11.3. The largest absolute Gasteiger partial charge is 0.487 e. The lowest BCUT2D eigenvalue weighted by molar-refractivity contribution is 0.0402. The molecule has 0 bridgehead atoms. The molecule has 0 radical (unpaired) electrons. The summed E-state index contributed by atoms with van der Waals surface area (Å²) < 4.78 is 45.4. The van der Waals surface area contributed by atoms with Crippen molar-refractivity contribution in [2.24, 2.45) is 11.8 Å². The third kappa shape index (κ3) is 6.72. The molecule has 0 aliphatic carbocycles. The van der Waals surface area contributed by atoms with Crippen LogP contribution in [-0.4, -0.2) is 95.1 Å². The molecule has 2 aliphatic rings. The Hall–Kier alpha value is -1.67. The molecule has 0 amide bonds. The van der Waals surface area contributed by atoms with E-state index in [-0.39, 0.29) is 36.7 Å². The minimum absolute atomic E-state index is 0.0858. The second kappa shape index (κ2) is 12.3. The van der Waals surface area contributed by atoms with Gasteiger partial charge in [0.25, 0.3) is 0 Å². The molecule has 2 heterocycles. The molecule has 3 atom stereocenters. The standard InChI is InChI=1S/C25H38N2O6S/c1-19-15-27(20(2)18-28)34(29,30)25-8-7-21(6-5-11-31-4)14-23(25)33-24(19)17-26(3)16-22-9-12-32-13-10-22/h7-8,14,19-20,22,24,28H,9-13,15-18H2,1-4H3/t19-,20+,24-/m0/s1. The van der Waals surface area contributed by atoms with Gasteiger partial charge in [-0.2, -0.15) is 4.31 Å². The predicted octanol–water partition coefficient (Wildman–Crippen LogP) is 1.81. The van der Waals surface area contributed by atoms with Gasteiger partial charge in [-0.15, -0.1) is 0 Å².